The second-order valence-corrected chi connectivity index (χ2v) is 4.92. The zero-order valence-corrected chi connectivity index (χ0v) is 10.9. The van der Waals surface area contributed by atoms with Gasteiger partial charge >= 0.3 is 11.8 Å². The summed E-state index contributed by atoms with van der Waals surface area (Å²) in [4.78, 5) is 13.9. The third-order valence-electron chi connectivity index (χ3n) is 3.04. The van der Waals surface area contributed by atoms with Gasteiger partial charge in [0.1, 0.15) is 18.6 Å². The van der Waals surface area contributed by atoms with Gasteiger partial charge < -0.3 is 19.6 Å². The maximum absolute atomic E-state index is 10.6. The fraction of sp³-hybridized carbons (Fsp3) is 0.308. The van der Waals surface area contributed by atoms with Crippen LogP contribution in [0.5, 0.6) is 11.8 Å². The molecule has 0 N–H and O–H groups in total. The molecular weight excluding hydrogens is 262 g/mol. The van der Waals surface area contributed by atoms with Crippen molar-refractivity contribution in [3.63, 3.8) is 0 Å². The van der Waals surface area contributed by atoms with Crippen LogP contribution in [0.2, 0.25) is 0 Å². The molecule has 1 aliphatic heterocycles. The van der Waals surface area contributed by atoms with Gasteiger partial charge in [-0.05, 0) is 24.0 Å². The number of hydrogen-bond donors (Lipinski definition) is 0. The van der Waals surface area contributed by atoms with E-state index in [1.807, 2.05) is 37.3 Å². The van der Waals surface area contributed by atoms with Gasteiger partial charge in [0, 0.05) is 4.98 Å². The highest BCUT2D eigenvalue weighted by atomic mass is 16.6. The number of rotatable bonds is 4. The van der Waals surface area contributed by atoms with E-state index in [9.17, 15) is 10.1 Å². The molecule has 1 aromatic carbocycles. The number of imidazole rings is 1. The zero-order valence-electron chi connectivity index (χ0n) is 10.9. The zero-order chi connectivity index (χ0) is 14.2. The van der Waals surface area contributed by atoms with E-state index in [1.54, 1.807) is 4.57 Å². The van der Waals surface area contributed by atoms with E-state index in [4.69, 9.17) is 9.47 Å². The fourth-order valence-corrected chi connectivity index (χ4v) is 2.11. The van der Waals surface area contributed by atoms with Gasteiger partial charge in [-0.1, -0.05) is 18.2 Å². The first kappa shape index (κ1) is 12.5. The summed E-state index contributed by atoms with van der Waals surface area (Å²) >= 11 is 0. The Labute approximate surface area is 114 Å². The predicted octanol–water partition coefficient (Wildman–Crippen LogP) is 2.02. The standard InChI is InChI=1S/C13H13N3O4/c1-13(9-19-10-5-3-2-4-6-10)8-15-7-11(16(17)18)14-12(15)20-13/h2-7H,8-9H2,1H3/t13-/m1/s1. The summed E-state index contributed by atoms with van der Waals surface area (Å²) in [7, 11) is 0. The van der Waals surface area contributed by atoms with E-state index in [1.165, 1.54) is 6.20 Å². The highest BCUT2D eigenvalue weighted by molar-refractivity contribution is 5.24. The van der Waals surface area contributed by atoms with E-state index in [-0.39, 0.29) is 11.8 Å². The van der Waals surface area contributed by atoms with E-state index in [0.717, 1.165) is 5.75 Å². The van der Waals surface area contributed by atoms with E-state index in [2.05, 4.69) is 4.98 Å². The van der Waals surface area contributed by atoms with Crippen molar-refractivity contribution >= 4 is 5.82 Å². The van der Waals surface area contributed by atoms with Crippen molar-refractivity contribution in [3.8, 4) is 11.8 Å². The largest absolute Gasteiger partial charge is 0.489 e. The summed E-state index contributed by atoms with van der Waals surface area (Å²) in [5.41, 5.74) is -0.576. The SMILES string of the molecule is C[C@]1(COc2ccccc2)Cn2cc([N+](=O)[O-])nc2O1. The Bertz CT molecular complexity index is 615. The minimum Gasteiger partial charge on any atom is -0.489 e. The Hall–Kier alpha value is -2.57. The minimum atomic E-state index is -0.576. The van der Waals surface area contributed by atoms with E-state index in [0.29, 0.717) is 13.2 Å². The number of aromatic nitrogens is 2. The lowest BCUT2D eigenvalue weighted by atomic mass is 10.1. The number of ether oxygens (including phenoxy) is 2. The molecule has 7 nitrogen and oxygen atoms in total. The van der Waals surface area contributed by atoms with Gasteiger partial charge in [0.25, 0.3) is 0 Å². The Kier molecular flexibility index (Phi) is 2.81. The molecule has 0 radical (unpaired) electrons. The van der Waals surface area contributed by atoms with Crippen LogP contribution in [0.4, 0.5) is 5.82 Å². The smallest absolute Gasteiger partial charge is 0.415 e. The van der Waals surface area contributed by atoms with Gasteiger partial charge in [0.2, 0.25) is 0 Å². The summed E-state index contributed by atoms with van der Waals surface area (Å²) in [6.45, 7) is 2.70. The quantitative estimate of drug-likeness (QED) is 0.630. The summed E-state index contributed by atoms with van der Waals surface area (Å²) in [6.07, 6.45) is 1.38. The van der Waals surface area contributed by atoms with Crippen molar-refractivity contribution in [1.29, 1.82) is 0 Å². The van der Waals surface area contributed by atoms with Crippen LogP contribution in [-0.4, -0.2) is 26.7 Å². The van der Waals surface area contributed by atoms with Crippen molar-refractivity contribution in [1.82, 2.24) is 9.55 Å². The van der Waals surface area contributed by atoms with Crippen LogP contribution in [-0.2, 0) is 6.54 Å². The molecule has 0 saturated heterocycles. The Morgan fingerprint density at radius 2 is 2.25 bits per heavy atom. The van der Waals surface area contributed by atoms with Crippen LogP contribution in [0.3, 0.4) is 0 Å². The van der Waals surface area contributed by atoms with Gasteiger partial charge in [0.05, 0.1) is 6.54 Å². The summed E-state index contributed by atoms with van der Waals surface area (Å²) in [5, 5.41) is 10.6. The van der Waals surface area contributed by atoms with Crippen LogP contribution in [0.15, 0.2) is 36.5 Å². The molecule has 20 heavy (non-hydrogen) atoms. The number of nitrogens with zero attached hydrogens (tertiary/aromatic N) is 3. The molecule has 0 spiro atoms. The fourth-order valence-electron chi connectivity index (χ4n) is 2.11. The third-order valence-corrected chi connectivity index (χ3v) is 3.04. The summed E-state index contributed by atoms with van der Waals surface area (Å²) in [6, 6.07) is 9.68. The first-order valence-corrected chi connectivity index (χ1v) is 6.14. The Morgan fingerprint density at radius 1 is 1.50 bits per heavy atom. The Morgan fingerprint density at radius 3 is 2.90 bits per heavy atom. The lowest BCUT2D eigenvalue weighted by Crippen LogP contribution is -2.38. The lowest BCUT2D eigenvalue weighted by molar-refractivity contribution is -0.389. The van der Waals surface area contributed by atoms with Crippen LogP contribution in [0.25, 0.3) is 0 Å². The summed E-state index contributed by atoms with van der Waals surface area (Å²) in [5.74, 6) is 0.555. The van der Waals surface area contributed by atoms with Crippen molar-refractivity contribution in [2.75, 3.05) is 6.61 Å². The molecule has 2 heterocycles. The number of nitro groups is 1. The summed E-state index contributed by atoms with van der Waals surface area (Å²) < 4.78 is 13.0. The van der Waals surface area contributed by atoms with Gasteiger partial charge in [-0.25, -0.2) is 0 Å². The maximum atomic E-state index is 10.6. The molecule has 1 atom stereocenters. The molecule has 104 valence electrons. The molecule has 0 amide bonds. The van der Waals surface area contributed by atoms with Crippen LogP contribution in [0.1, 0.15) is 6.92 Å². The lowest BCUT2D eigenvalue weighted by Gasteiger charge is -2.22. The topological polar surface area (TPSA) is 79.4 Å². The van der Waals surface area contributed by atoms with Gasteiger partial charge in [-0.15, -0.1) is 0 Å². The average molecular weight is 275 g/mol. The molecule has 0 unspecified atom stereocenters. The third kappa shape index (κ3) is 2.29. The second-order valence-electron chi connectivity index (χ2n) is 4.92. The normalized spacial score (nSPS) is 20.2. The molecule has 0 aliphatic carbocycles. The number of fused-ring (bicyclic) bond motifs is 1. The Balaban J connectivity index is 1.67. The molecular formula is C13H13N3O4. The number of hydrogen-bond acceptors (Lipinski definition) is 5. The van der Waals surface area contributed by atoms with E-state index >= 15 is 0 Å². The van der Waals surface area contributed by atoms with Crippen molar-refractivity contribution in [2.45, 2.75) is 19.1 Å². The average Bonchev–Trinajstić information content (AvgIpc) is 2.93. The molecule has 0 saturated carbocycles. The maximum Gasteiger partial charge on any atom is 0.415 e. The highest BCUT2D eigenvalue weighted by Crippen LogP contribution is 2.31. The van der Waals surface area contributed by atoms with E-state index < -0.39 is 10.5 Å². The van der Waals surface area contributed by atoms with Crippen LogP contribution < -0.4 is 9.47 Å². The second kappa shape index (κ2) is 4.52. The van der Waals surface area contributed by atoms with Crippen molar-refractivity contribution in [2.24, 2.45) is 0 Å². The number of para-hydroxylation sites is 1. The molecule has 1 aliphatic rings. The molecule has 0 fully saturated rings. The molecule has 1 aromatic heterocycles. The predicted molar refractivity (Wildman–Crippen MR) is 69.9 cm³/mol. The molecule has 0 bridgehead atoms. The van der Waals surface area contributed by atoms with Crippen molar-refractivity contribution in [3.05, 3.63) is 46.6 Å². The van der Waals surface area contributed by atoms with Gasteiger partial charge in [-0.3, -0.25) is 4.57 Å². The first-order valence-electron chi connectivity index (χ1n) is 6.14. The molecule has 2 aromatic rings. The molecule has 3 rings (SSSR count). The van der Waals surface area contributed by atoms with Crippen LogP contribution in [0, 0.1) is 10.1 Å². The van der Waals surface area contributed by atoms with Crippen molar-refractivity contribution < 1.29 is 14.4 Å². The first-order chi connectivity index (χ1) is 9.56. The van der Waals surface area contributed by atoms with Gasteiger partial charge in [-0.2, -0.15) is 0 Å². The van der Waals surface area contributed by atoms with Crippen LogP contribution >= 0.6 is 0 Å². The number of benzene rings is 1. The van der Waals surface area contributed by atoms with Gasteiger partial charge in [0.15, 0.2) is 5.60 Å². The highest BCUT2D eigenvalue weighted by Gasteiger charge is 2.41. The minimum absolute atomic E-state index is 0.203. The monoisotopic (exact) mass is 275 g/mol. The molecule has 7 heteroatoms.